The van der Waals surface area contributed by atoms with E-state index in [0.29, 0.717) is 11.5 Å². The average molecular weight is 311 g/mol. The minimum atomic E-state index is -3.53. The highest BCUT2D eigenvalue weighted by Crippen LogP contribution is 2.34. The zero-order valence-electron chi connectivity index (χ0n) is 12.1. The van der Waals surface area contributed by atoms with Gasteiger partial charge >= 0.3 is 5.97 Å². The number of hydrogen-bond acceptors (Lipinski definition) is 3. The Labute approximate surface area is 125 Å². The van der Waals surface area contributed by atoms with Crippen LogP contribution < -0.4 is 4.72 Å². The molecule has 0 aliphatic heterocycles. The van der Waals surface area contributed by atoms with Crippen molar-refractivity contribution in [2.75, 3.05) is 0 Å². The lowest BCUT2D eigenvalue weighted by Gasteiger charge is -2.17. The van der Waals surface area contributed by atoms with Crippen molar-refractivity contribution in [1.82, 2.24) is 4.72 Å². The maximum Gasteiger partial charge on any atom is 0.307 e. The lowest BCUT2D eigenvalue weighted by atomic mass is 10.1. The van der Waals surface area contributed by atoms with E-state index in [4.69, 9.17) is 5.11 Å². The molecule has 0 heterocycles. The smallest absolute Gasteiger partial charge is 0.307 e. The molecule has 0 radical (unpaired) electrons. The summed E-state index contributed by atoms with van der Waals surface area (Å²) in [4.78, 5) is 10.8. The molecule has 1 aromatic rings. The Morgan fingerprint density at radius 1 is 1.33 bits per heavy atom. The Hall–Kier alpha value is -1.40. The van der Waals surface area contributed by atoms with E-state index in [0.717, 1.165) is 12.8 Å². The first-order valence-electron chi connectivity index (χ1n) is 7.23. The molecule has 1 atom stereocenters. The highest BCUT2D eigenvalue weighted by molar-refractivity contribution is 7.89. The number of aliphatic carboxylic acids is 1. The van der Waals surface area contributed by atoms with Gasteiger partial charge in [0, 0.05) is 6.04 Å². The van der Waals surface area contributed by atoms with Gasteiger partial charge in [-0.3, -0.25) is 4.79 Å². The fourth-order valence-electron chi connectivity index (χ4n) is 2.30. The predicted octanol–water partition coefficient (Wildman–Crippen LogP) is 2.17. The van der Waals surface area contributed by atoms with Gasteiger partial charge in [0.05, 0.1) is 11.3 Å². The van der Waals surface area contributed by atoms with Gasteiger partial charge in [-0.05, 0) is 36.5 Å². The van der Waals surface area contributed by atoms with Gasteiger partial charge in [0.1, 0.15) is 0 Å². The fourth-order valence-corrected chi connectivity index (χ4v) is 3.63. The molecule has 0 spiro atoms. The molecule has 1 fully saturated rings. The largest absolute Gasteiger partial charge is 0.481 e. The molecule has 1 aromatic carbocycles. The molecule has 5 nitrogen and oxygen atoms in total. The van der Waals surface area contributed by atoms with Crippen LogP contribution in [0.3, 0.4) is 0 Å². The van der Waals surface area contributed by atoms with Crippen molar-refractivity contribution < 1.29 is 18.3 Å². The Morgan fingerprint density at radius 3 is 2.43 bits per heavy atom. The van der Waals surface area contributed by atoms with Crippen molar-refractivity contribution in [3.63, 3.8) is 0 Å². The van der Waals surface area contributed by atoms with E-state index in [-0.39, 0.29) is 17.4 Å². The Bertz CT molecular complexity index is 591. The van der Waals surface area contributed by atoms with E-state index in [2.05, 4.69) is 4.72 Å². The first kappa shape index (κ1) is 16.0. The number of sulfonamides is 1. The zero-order chi connectivity index (χ0) is 15.5. The van der Waals surface area contributed by atoms with Gasteiger partial charge in [-0.25, -0.2) is 13.1 Å². The maximum atomic E-state index is 12.3. The molecule has 0 bridgehead atoms. The summed E-state index contributed by atoms with van der Waals surface area (Å²) in [6, 6.07) is 5.99. The third-order valence-electron chi connectivity index (χ3n) is 3.72. The van der Waals surface area contributed by atoms with Gasteiger partial charge in [0.15, 0.2) is 0 Å². The molecule has 21 heavy (non-hydrogen) atoms. The van der Waals surface area contributed by atoms with Crippen molar-refractivity contribution in [3.8, 4) is 0 Å². The Balaban J connectivity index is 2.05. The molecule has 1 aliphatic rings. The van der Waals surface area contributed by atoms with E-state index >= 15 is 0 Å². The van der Waals surface area contributed by atoms with E-state index in [9.17, 15) is 13.2 Å². The number of rotatable bonds is 8. The van der Waals surface area contributed by atoms with Crippen molar-refractivity contribution in [2.45, 2.75) is 50.0 Å². The number of nitrogens with one attached hydrogen (secondary N) is 1. The summed E-state index contributed by atoms with van der Waals surface area (Å²) in [5.74, 6) is -0.269. The van der Waals surface area contributed by atoms with Crippen molar-refractivity contribution in [3.05, 3.63) is 29.8 Å². The summed E-state index contributed by atoms with van der Waals surface area (Å²) in [7, 11) is -3.53. The van der Waals surface area contributed by atoms with Crippen LogP contribution in [0.2, 0.25) is 0 Å². The van der Waals surface area contributed by atoms with Crippen molar-refractivity contribution >= 4 is 16.0 Å². The summed E-state index contributed by atoms with van der Waals surface area (Å²) in [5, 5.41) is 8.71. The Morgan fingerprint density at radius 2 is 1.95 bits per heavy atom. The highest BCUT2D eigenvalue weighted by Gasteiger charge is 2.27. The molecule has 6 heteroatoms. The summed E-state index contributed by atoms with van der Waals surface area (Å²) >= 11 is 0. The minimum absolute atomic E-state index is 0.0267. The van der Waals surface area contributed by atoms with Crippen LogP contribution in [-0.4, -0.2) is 25.5 Å². The second-order valence-electron chi connectivity index (χ2n) is 5.62. The van der Waals surface area contributed by atoms with E-state index < -0.39 is 16.0 Å². The molecule has 1 aliphatic carbocycles. The lowest BCUT2D eigenvalue weighted by Crippen LogP contribution is -2.34. The minimum Gasteiger partial charge on any atom is -0.481 e. The molecule has 0 amide bonds. The van der Waals surface area contributed by atoms with Crippen LogP contribution in [0.1, 0.15) is 38.2 Å². The van der Waals surface area contributed by atoms with Crippen molar-refractivity contribution in [1.29, 1.82) is 0 Å². The summed E-state index contributed by atoms with van der Waals surface area (Å²) in [6.07, 6.45) is 3.96. The summed E-state index contributed by atoms with van der Waals surface area (Å²) in [5.41, 5.74) is 0.589. The lowest BCUT2D eigenvalue weighted by molar-refractivity contribution is -0.136. The molecular formula is C15H21NO4S. The van der Waals surface area contributed by atoms with Gasteiger partial charge in [-0.15, -0.1) is 0 Å². The number of benzene rings is 1. The van der Waals surface area contributed by atoms with Gasteiger partial charge in [-0.2, -0.15) is 0 Å². The van der Waals surface area contributed by atoms with Crippen LogP contribution in [0.25, 0.3) is 0 Å². The zero-order valence-corrected chi connectivity index (χ0v) is 12.9. The third kappa shape index (κ3) is 4.82. The highest BCUT2D eigenvalue weighted by atomic mass is 32.2. The number of carboxylic acids is 1. The van der Waals surface area contributed by atoms with Crippen LogP contribution in [0.4, 0.5) is 0 Å². The molecule has 116 valence electrons. The average Bonchev–Trinajstić information content (AvgIpc) is 3.21. The molecule has 2 N–H and O–H groups in total. The molecule has 1 saturated carbocycles. The summed E-state index contributed by atoms with van der Waals surface area (Å²) in [6.45, 7) is 1.98. The van der Waals surface area contributed by atoms with E-state index in [1.807, 2.05) is 6.92 Å². The second kappa shape index (κ2) is 6.58. The Kier molecular flexibility index (Phi) is 5.00. The quantitative estimate of drug-likeness (QED) is 0.770. The van der Waals surface area contributed by atoms with E-state index in [1.165, 1.54) is 25.0 Å². The molecule has 2 rings (SSSR count). The third-order valence-corrected chi connectivity index (χ3v) is 5.25. The fraction of sp³-hybridized carbons (Fsp3) is 0.533. The molecule has 0 saturated heterocycles. The molecular weight excluding hydrogens is 290 g/mol. The number of carbonyl (C=O) groups is 1. The number of carboxylic acid groups (broad SMARTS) is 1. The SMILES string of the molecule is CCC(CC1CC1)NS(=O)(=O)c1ccc(CC(=O)O)cc1. The molecule has 0 aromatic heterocycles. The van der Waals surface area contributed by atoms with E-state index in [1.54, 1.807) is 12.1 Å². The van der Waals surface area contributed by atoms with Gasteiger partial charge in [0.25, 0.3) is 0 Å². The van der Waals surface area contributed by atoms with Crippen LogP contribution in [-0.2, 0) is 21.2 Å². The van der Waals surface area contributed by atoms with Crippen molar-refractivity contribution in [2.24, 2.45) is 5.92 Å². The van der Waals surface area contributed by atoms with Gasteiger partial charge in [-0.1, -0.05) is 31.9 Å². The van der Waals surface area contributed by atoms with Gasteiger partial charge in [0.2, 0.25) is 10.0 Å². The topological polar surface area (TPSA) is 83.5 Å². The normalized spacial score (nSPS) is 16.6. The predicted molar refractivity (Wildman–Crippen MR) is 79.5 cm³/mol. The first-order chi connectivity index (χ1) is 9.90. The monoisotopic (exact) mass is 311 g/mol. The number of hydrogen-bond donors (Lipinski definition) is 2. The summed E-state index contributed by atoms with van der Waals surface area (Å²) < 4.78 is 27.4. The van der Waals surface area contributed by atoms with Gasteiger partial charge < -0.3 is 5.11 Å². The maximum absolute atomic E-state index is 12.3. The standard InChI is InChI=1S/C15H21NO4S/c1-2-13(9-11-3-4-11)16-21(19,20)14-7-5-12(6-8-14)10-15(17)18/h5-8,11,13,16H,2-4,9-10H2,1H3,(H,17,18). The van der Waals surface area contributed by atoms with Crippen LogP contribution in [0.5, 0.6) is 0 Å². The first-order valence-corrected chi connectivity index (χ1v) is 8.72. The second-order valence-corrected chi connectivity index (χ2v) is 7.33. The molecule has 1 unspecified atom stereocenters. The van der Waals surface area contributed by atoms with Crippen LogP contribution >= 0.6 is 0 Å². The van der Waals surface area contributed by atoms with Crippen LogP contribution in [0.15, 0.2) is 29.2 Å². The van der Waals surface area contributed by atoms with Crippen LogP contribution in [0, 0.1) is 5.92 Å².